The summed E-state index contributed by atoms with van der Waals surface area (Å²) in [6.07, 6.45) is 0. The van der Waals surface area contributed by atoms with Gasteiger partial charge in [0.1, 0.15) is 0 Å². The van der Waals surface area contributed by atoms with E-state index in [4.69, 9.17) is 21.6 Å². The van der Waals surface area contributed by atoms with Crippen LogP contribution in [0.3, 0.4) is 0 Å². The first-order chi connectivity index (χ1) is 13.2. The molecule has 0 bridgehead atoms. The number of hydrogen-bond donors (Lipinski definition) is 2. The highest BCUT2D eigenvalue weighted by Crippen LogP contribution is 2.26. The van der Waals surface area contributed by atoms with Crippen LogP contribution < -0.4 is 10.6 Å². The third kappa shape index (κ3) is 4.38. The van der Waals surface area contributed by atoms with Crippen molar-refractivity contribution < 1.29 is 0 Å². The molecule has 0 fully saturated rings. The first-order valence-corrected chi connectivity index (χ1v) is 9.62. The van der Waals surface area contributed by atoms with E-state index in [2.05, 4.69) is 26.6 Å². The first kappa shape index (κ1) is 17.8. The molecule has 6 heteroatoms. The smallest absolute Gasteiger partial charge is 0.174 e. The van der Waals surface area contributed by atoms with Gasteiger partial charge in [-0.3, -0.25) is 0 Å². The van der Waals surface area contributed by atoms with Crippen molar-refractivity contribution in [1.29, 1.82) is 0 Å². The van der Waals surface area contributed by atoms with Gasteiger partial charge in [-0.15, -0.1) is 0 Å². The van der Waals surface area contributed by atoms with Gasteiger partial charge in [-0.2, -0.15) is 0 Å². The van der Waals surface area contributed by atoms with Gasteiger partial charge in [0.2, 0.25) is 0 Å². The number of benzene rings is 3. The SMILES string of the molecule is Clc1ccc(CNc2nc3ccccc3nc2Nc2ccc(Br)cc2)cc1. The molecule has 0 aliphatic carbocycles. The minimum Gasteiger partial charge on any atom is -0.363 e. The van der Waals surface area contributed by atoms with Crippen LogP contribution in [0.1, 0.15) is 5.56 Å². The Kier molecular flexibility index (Phi) is 5.23. The number of nitrogens with one attached hydrogen (secondary N) is 2. The van der Waals surface area contributed by atoms with Crippen LogP contribution in [0.15, 0.2) is 77.3 Å². The molecule has 4 nitrogen and oxygen atoms in total. The maximum atomic E-state index is 5.96. The summed E-state index contributed by atoms with van der Waals surface area (Å²) < 4.78 is 1.03. The van der Waals surface area contributed by atoms with E-state index in [1.54, 1.807) is 0 Å². The molecule has 0 radical (unpaired) electrons. The van der Waals surface area contributed by atoms with E-state index >= 15 is 0 Å². The largest absolute Gasteiger partial charge is 0.363 e. The predicted molar refractivity (Wildman–Crippen MR) is 116 cm³/mol. The molecule has 27 heavy (non-hydrogen) atoms. The van der Waals surface area contributed by atoms with Gasteiger partial charge in [-0.25, -0.2) is 9.97 Å². The normalized spacial score (nSPS) is 10.7. The van der Waals surface area contributed by atoms with E-state index in [9.17, 15) is 0 Å². The van der Waals surface area contributed by atoms with Gasteiger partial charge >= 0.3 is 0 Å². The molecule has 1 heterocycles. The molecule has 0 unspecified atom stereocenters. The second-order valence-corrected chi connectivity index (χ2v) is 7.37. The standard InChI is InChI=1S/C21H16BrClN4/c22-15-7-11-17(12-8-15)25-21-20(24-13-14-5-9-16(23)10-6-14)26-18-3-1-2-4-19(18)27-21/h1-12H,13H2,(H,24,26)(H,25,27). The van der Waals surface area contributed by atoms with Gasteiger partial charge in [-0.1, -0.05) is 51.8 Å². The summed E-state index contributed by atoms with van der Waals surface area (Å²) in [5.41, 5.74) is 3.74. The highest BCUT2D eigenvalue weighted by molar-refractivity contribution is 9.10. The zero-order valence-corrected chi connectivity index (χ0v) is 16.6. The van der Waals surface area contributed by atoms with E-state index < -0.39 is 0 Å². The van der Waals surface area contributed by atoms with E-state index in [1.807, 2.05) is 72.8 Å². The monoisotopic (exact) mass is 438 g/mol. The second-order valence-electron chi connectivity index (χ2n) is 6.02. The Labute approximate surface area is 170 Å². The fourth-order valence-corrected chi connectivity index (χ4v) is 3.06. The Morgan fingerprint density at radius 3 is 2.07 bits per heavy atom. The Balaban J connectivity index is 1.65. The molecule has 0 aliphatic heterocycles. The van der Waals surface area contributed by atoms with Crippen molar-refractivity contribution in [3.63, 3.8) is 0 Å². The lowest BCUT2D eigenvalue weighted by atomic mass is 10.2. The van der Waals surface area contributed by atoms with Gasteiger partial charge in [0.05, 0.1) is 11.0 Å². The van der Waals surface area contributed by atoms with Crippen molar-refractivity contribution in [3.8, 4) is 0 Å². The fraction of sp³-hybridized carbons (Fsp3) is 0.0476. The molecule has 0 amide bonds. The van der Waals surface area contributed by atoms with E-state index in [1.165, 1.54) is 0 Å². The lowest BCUT2D eigenvalue weighted by Crippen LogP contribution is -2.07. The molecule has 2 N–H and O–H groups in total. The van der Waals surface area contributed by atoms with Crippen molar-refractivity contribution >= 4 is 55.9 Å². The summed E-state index contributed by atoms with van der Waals surface area (Å²) in [7, 11) is 0. The highest BCUT2D eigenvalue weighted by atomic mass is 79.9. The van der Waals surface area contributed by atoms with Crippen LogP contribution in [0.25, 0.3) is 11.0 Å². The van der Waals surface area contributed by atoms with Gasteiger partial charge in [0, 0.05) is 21.7 Å². The summed E-state index contributed by atoms with van der Waals surface area (Å²) in [5.74, 6) is 1.39. The minimum absolute atomic E-state index is 0.624. The number of aromatic nitrogens is 2. The Bertz CT molecular complexity index is 1070. The summed E-state index contributed by atoms with van der Waals surface area (Å²) in [6, 6.07) is 23.5. The Morgan fingerprint density at radius 2 is 1.41 bits per heavy atom. The van der Waals surface area contributed by atoms with E-state index in [-0.39, 0.29) is 0 Å². The number of fused-ring (bicyclic) bond motifs is 1. The molecule has 0 saturated carbocycles. The van der Waals surface area contributed by atoms with Crippen LogP contribution in [-0.2, 0) is 6.54 Å². The molecule has 0 aliphatic rings. The van der Waals surface area contributed by atoms with Crippen LogP contribution in [0.4, 0.5) is 17.3 Å². The summed E-state index contributed by atoms with van der Waals surface area (Å²) in [5, 5.41) is 7.47. The average molecular weight is 440 g/mol. The fourth-order valence-electron chi connectivity index (χ4n) is 2.67. The average Bonchev–Trinajstić information content (AvgIpc) is 2.69. The molecule has 0 spiro atoms. The highest BCUT2D eigenvalue weighted by Gasteiger charge is 2.09. The summed E-state index contributed by atoms with van der Waals surface area (Å²) in [6.45, 7) is 0.624. The molecule has 3 aromatic carbocycles. The molecule has 0 atom stereocenters. The summed E-state index contributed by atoms with van der Waals surface area (Å²) in [4.78, 5) is 9.50. The van der Waals surface area contributed by atoms with Crippen molar-refractivity contribution in [3.05, 3.63) is 87.9 Å². The number of rotatable bonds is 5. The summed E-state index contributed by atoms with van der Waals surface area (Å²) >= 11 is 9.42. The second kappa shape index (κ2) is 7.94. The van der Waals surface area contributed by atoms with Crippen molar-refractivity contribution in [2.24, 2.45) is 0 Å². The lowest BCUT2D eigenvalue weighted by Gasteiger charge is -2.14. The third-order valence-corrected chi connectivity index (χ3v) is 4.83. The van der Waals surface area contributed by atoms with E-state index in [0.717, 1.165) is 31.8 Å². The molecule has 1 aromatic heterocycles. The van der Waals surface area contributed by atoms with Crippen molar-refractivity contribution in [2.45, 2.75) is 6.54 Å². The van der Waals surface area contributed by atoms with E-state index in [0.29, 0.717) is 18.2 Å². The van der Waals surface area contributed by atoms with Gasteiger partial charge in [0.25, 0.3) is 0 Å². The van der Waals surface area contributed by atoms with Crippen LogP contribution >= 0.6 is 27.5 Å². The minimum atomic E-state index is 0.624. The van der Waals surface area contributed by atoms with Gasteiger partial charge in [-0.05, 0) is 54.1 Å². The number of anilines is 3. The lowest BCUT2D eigenvalue weighted by molar-refractivity contribution is 1.11. The topological polar surface area (TPSA) is 49.8 Å². The molecular formula is C21H16BrClN4. The maximum Gasteiger partial charge on any atom is 0.174 e. The van der Waals surface area contributed by atoms with Crippen LogP contribution in [-0.4, -0.2) is 9.97 Å². The third-order valence-electron chi connectivity index (χ3n) is 4.05. The predicted octanol–water partition coefficient (Wildman–Crippen LogP) is 6.40. The van der Waals surface area contributed by atoms with Gasteiger partial charge < -0.3 is 10.6 Å². The van der Waals surface area contributed by atoms with Crippen LogP contribution in [0.5, 0.6) is 0 Å². The molecular weight excluding hydrogens is 424 g/mol. The number of nitrogens with zero attached hydrogens (tertiary/aromatic N) is 2. The Morgan fingerprint density at radius 1 is 0.778 bits per heavy atom. The number of halogens is 2. The van der Waals surface area contributed by atoms with Crippen LogP contribution in [0, 0.1) is 0 Å². The Hall–Kier alpha value is -2.63. The zero-order valence-electron chi connectivity index (χ0n) is 14.3. The first-order valence-electron chi connectivity index (χ1n) is 8.45. The maximum absolute atomic E-state index is 5.96. The van der Waals surface area contributed by atoms with Gasteiger partial charge in [0.15, 0.2) is 11.6 Å². The van der Waals surface area contributed by atoms with Crippen molar-refractivity contribution in [1.82, 2.24) is 9.97 Å². The van der Waals surface area contributed by atoms with Crippen molar-refractivity contribution in [2.75, 3.05) is 10.6 Å². The number of para-hydroxylation sites is 2. The molecule has 4 rings (SSSR count). The molecule has 4 aromatic rings. The molecule has 134 valence electrons. The van der Waals surface area contributed by atoms with Crippen LogP contribution in [0.2, 0.25) is 5.02 Å². The molecule has 0 saturated heterocycles. The number of hydrogen-bond acceptors (Lipinski definition) is 4. The quantitative estimate of drug-likeness (QED) is 0.378. The zero-order chi connectivity index (χ0) is 18.6.